The normalized spacial score (nSPS) is 25.2. The lowest BCUT2D eigenvalue weighted by molar-refractivity contribution is -0.0617. The van der Waals surface area contributed by atoms with Crippen LogP contribution in [0.5, 0.6) is 0 Å². The maximum atomic E-state index is 11.8. The Kier molecular flexibility index (Phi) is 6.33. The summed E-state index contributed by atoms with van der Waals surface area (Å²) in [4.78, 5) is 23.7. The van der Waals surface area contributed by atoms with Crippen molar-refractivity contribution in [3.63, 3.8) is 0 Å². The van der Waals surface area contributed by atoms with E-state index in [1.54, 1.807) is 13.3 Å². The van der Waals surface area contributed by atoms with Crippen LogP contribution in [0.1, 0.15) is 17.7 Å². The standard InChI is InChI=1S/C19H29N5O6S/c1-29-17-11-22(19(25)26)5-3-13(17)12-30-15-9-23(10-15)18-20-7-14-8-24(31(2,27)28)6-4-16(14)21-18/h7,13,15,17H,3-6,8-12H2,1-2H3,(H,25,26)/t13-,17-/m0/s1. The van der Waals surface area contributed by atoms with E-state index in [9.17, 15) is 13.2 Å². The number of ether oxygens (including phenoxy) is 2. The molecule has 0 aliphatic carbocycles. The zero-order valence-corrected chi connectivity index (χ0v) is 18.6. The van der Waals surface area contributed by atoms with Gasteiger partial charge in [0.15, 0.2) is 0 Å². The van der Waals surface area contributed by atoms with E-state index < -0.39 is 16.1 Å². The Balaban J connectivity index is 1.26. The van der Waals surface area contributed by atoms with E-state index in [4.69, 9.17) is 14.6 Å². The minimum Gasteiger partial charge on any atom is -0.465 e. The SMILES string of the molecule is CO[C@H]1CN(C(=O)O)CC[C@H]1COC1CN(c2ncc3c(n2)CCN(S(C)(=O)=O)C3)C1. The number of hydrogen-bond acceptors (Lipinski definition) is 8. The lowest BCUT2D eigenvalue weighted by Gasteiger charge is -2.41. The highest BCUT2D eigenvalue weighted by atomic mass is 32.2. The maximum Gasteiger partial charge on any atom is 0.407 e. The van der Waals surface area contributed by atoms with Crippen LogP contribution in [0.3, 0.4) is 0 Å². The Morgan fingerprint density at radius 3 is 2.74 bits per heavy atom. The zero-order valence-electron chi connectivity index (χ0n) is 17.8. The molecule has 2 fully saturated rings. The lowest BCUT2D eigenvalue weighted by Crippen LogP contribution is -2.54. The van der Waals surface area contributed by atoms with Crippen LogP contribution in [-0.4, -0.2) is 104 Å². The second-order valence-electron chi connectivity index (χ2n) is 8.40. The molecule has 1 aromatic rings. The Morgan fingerprint density at radius 1 is 1.29 bits per heavy atom. The molecule has 0 saturated carbocycles. The van der Waals surface area contributed by atoms with Crippen molar-refractivity contribution in [2.24, 2.45) is 5.92 Å². The third kappa shape index (κ3) is 4.92. The van der Waals surface area contributed by atoms with Crippen LogP contribution in [0.25, 0.3) is 0 Å². The molecule has 1 aromatic heterocycles. The number of hydrogen-bond donors (Lipinski definition) is 1. The Morgan fingerprint density at radius 2 is 2.06 bits per heavy atom. The Hall–Kier alpha value is -2.02. The van der Waals surface area contributed by atoms with E-state index in [0.29, 0.717) is 58.2 Å². The smallest absolute Gasteiger partial charge is 0.407 e. The fraction of sp³-hybridized carbons (Fsp3) is 0.737. The quantitative estimate of drug-likeness (QED) is 0.631. The molecule has 3 aliphatic heterocycles. The second kappa shape index (κ2) is 8.85. The molecule has 11 nitrogen and oxygen atoms in total. The van der Waals surface area contributed by atoms with Crippen molar-refractivity contribution in [1.82, 2.24) is 19.2 Å². The summed E-state index contributed by atoms with van der Waals surface area (Å²) >= 11 is 0. The van der Waals surface area contributed by atoms with Gasteiger partial charge in [0.2, 0.25) is 16.0 Å². The summed E-state index contributed by atoms with van der Waals surface area (Å²) in [7, 11) is -1.61. The van der Waals surface area contributed by atoms with Gasteiger partial charge in [-0.25, -0.2) is 23.2 Å². The lowest BCUT2D eigenvalue weighted by atomic mass is 9.94. The third-order valence-electron chi connectivity index (χ3n) is 6.30. The molecule has 4 heterocycles. The van der Waals surface area contributed by atoms with Crippen molar-refractivity contribution in [2.75, 3.05) is 57.6 Å². The number of anilines is 1. The number of sulfonamides is 1. The summed E-state index contributed by atoms with van der Waals surface area (Å²) in [6.07, 6.45) is 3.26. The van der Waals surface area contributed by atoms with E-state index in [2.05, 4.69) is 14.9 Å². The van der Waals surface area contributed by atoms with Gasteiger partial charge >= 0.3 is 6.09 Å². The fourth-order valence-electron chi connectivity index (χ4n) is 4.28. The van der Waals surface area contributed by atoms with Gasteiger partial charge in [-0.3, -0.25) is 0 Å². The topological polar surface area (TPSA) is 125 Å². The van der Waals surface area contributed by atoms with Crippen LogP contribution in [0.2, 0.25) is 0 Å². The van der Waals surface area contributed by atoms with Crippen molar-refractivity contribution in [3.8, 4) is 0 Å². The molecule has 12 heteroatoms. The largest absolute Gasteiger partial charge is 0.465 e. The van der Waals surface area contributed by atoms with Gasteiger partial charge in [0.05, 0.1) is 37.3 Å². The van der Waals surface area contributed by atoms with Crippen molar-refractivity contribution in [3.05, 3.63) is 17.5 Å². The van der Waals surface area contributed by atoms with E-state index in [1.165, 1.54) is 15.5 Å². The minimum atomic E-state index is -3.21. The number of likely N-dealkylation sites (tertiary alicyclic amines) is 1. The number of amides is 1. The zero-order chi connectivity index (χ0) is 22.2. The molecular weight excluding hydrogens is 426 g/mol. The molecular formula is C19H29N5O6S. The summed E-state index contributed by atoms with van der Waals surface area (Å²) in [6, 6.07) is 0. The van der Waals surface area contributed by atoms with Crippen molar-refractivity contribution < 1.29 is 27.8 Å². The van der Waals surface area contributed by atoms with Crippen molar-refractivity contribution in [1.29, 1.82) is 0 Å². The number of rotatable bonds is 6. The van der Waals surface area contributed by atoms with Gasteiger partial charge in [0.1, 0.15) is 0 Å². The fourth-order valence-corrected chi connectivity index (χ4v) is 5.07. The van der Waals surface area contributed by atoms with Gasteiger partial charge in [-0.1, -0.05) is 0 Å². The summed E-state index contributed by atoms with van der Waals surface area (Å²) in [5.41, 5.74) is 1.76. The van der Waals surface area contributed by atoms with Crippen molar-refractivity contribution >= 4 is 22.1 Å². The summed E-state index contributed by atoms with van der Waals surface area (Å²) in [5.74, 6) is 0.823. The highest BCUT2D eigenvalue weighted by Gasteiger charge is 2.35. The van der Waals surface area contributed by atoms with E-state index in [0.717, 1.165) is 17.7 Å². The number of aromatic nitrogens is 2. The number of carbonyl (C=O) groups is 1. The minimum absolute atomic E-state index is 0.0790. The van der Waals surface area contributed by atoms with Crippen LogP contribution >= 0.6 is 0 Å². The molecule has 3 aliphatic rings. The monoisotopic (exact) mass is 455 g/mol. The Bertz CT molecular complexity index is 922. The van der Waals surface area contributed by atoms with Gasteiger partial charge in [-0.15, -0.1) is 0 Å². The molecule has 1 N–H and O–H groups in total. The molecule has 4 rings (SSSR count). The number of methoxy groups -OCH3 is 1. The molecule has 1 amide bonds. The van der Waals surface area contributed by atoms with Crippen LogP contribution in [0, 0.1) is 5.92 Å². The highest BCUT2D eigenvalue weighted by molar-refractivity contribution is 7.88. The first kappa shape index (κ1) is 22.2. The number of fused-ring (bicyclic) bond motifs is 1. The first-order chi connectivity index (χ1) is 14.7. The average molecular weight is 456 g/mol. The van der Waals surface area contributed by atoms with Gasteiger partial charge in [-0.2, -0.15) is 4.31 Å². The summed E-state index contributed by atoms with van der Waals surface area (Å²) in [5, 5.41) is 9.16. The number of piperidine rings is 1. The molecule has 0 spiro atoms. The molecule has 172 valence electrons. The Labute approximate surface area is 182 Å². The third-order valence-corrected chi connectivity index (χ3v) is 7.55. The number of nitrogens with zero attached hydrogens (tertiary/aromatic N) is 5. The van der Waals surface area contributed by atoms with Gasteiger partial charge in [0.25, 0.3) is 0 Å². The molecule has 2 saturated heterocycles. The molecule has 2 atom stereocenters. The van der Waals surface area contributed by atoms with E-state index in [1.807, 2.05) is 0 Å². The summed E-state index contributed by atoms with van der Waals surface area (Å²) < 4.78 is 36.5. The van der Waals surface area contributed by atoms with Crippen LogP contribution in [-0.2, 0) is 32.5 Å². The number of carboxylic acid groups (broad SMARTS) is 1. The van der Waals surface area contributed by atoms with Crippen LogP contribution < -0.4 is 4.90 Å². The second-order valence-corrected chi connectivity index (χ2v) is 10.4. The van der Waals surface area contributed by atoms with Crippen LogP contribution in [0.15, 0.2) is 6.20 Å². The molecule has 31 heavy (non-hydrogen) atoms. The van der Waals surface area contributed by atoms with Gasteiger partial charge in [0, 0.05) is 63.9 Å². The first-order valence-electron chi connectivity index (χ1n) is 10.4. The first-order valence-corrected chi connectivity index (χ1v) is 12.3. The van der Waals surface area contributed by atoms with Gasteiger partial charge < -0.3 is 24.4 Å². The molecule has 0 unspecified atom stereocenters. The average Bonchev–Trinajstić information content (AvgIpc) is 2.71. The van der Waals surface area contributed by atoms with E-state index in [-0.39, 0.29) is 18.1 Å². The maximum absolute atomic E-state index is 11.8. The molecule has 0 bridgehead atoms. The molecule has 0 radical (unpaired) electrons. The predicted octanol–water partition coefficient (Wildman–Crippen LogP) is 0.0144. The highest BCUT2D eigenvalue weighted by Crippen LogP contribution is 2.26. The van der Waals surface area contributed by atoms with Crippen LogP contribution in [0.4, 0.5) is 10.7 Å². The van der Waals surface area contributed by atoms with Gasteiger partial charge in [-0.05, 0) is 6.42 Å². The molecule has 0 aromatic carbocycles. The van der Waals surface area contributed by atoms with E-state index >= 15 is 0 Å². The summed E-state index contributed by atoms with van der Waals surface area (Å²) in [6.45, 7) is 3.56. The predicted molar refractivity (Wildman–Crippen MR) is 111 cm³/mol. The van der Waals surface area contributed by atoms with Crippen molar-refractivity contribution in [2.45, 2.75) is 31.6 Å².